The van der Waals surface area contributed by atoms with E-state index in [0.717, 1.165) is 12.3 Å². The molecule has 0 aliphatic heterocycles. The van der Waals surface area contributed by atoms with Crippen molar-refractivity contribution >= 4 is 0 Å². The molecule has 2 nitrogen and oxygen atoms in total. The molecule has 0 radical (unpaired) electrons. The molecule has 0 aromatic carbocycles. The van der Waals surface area contributed by atoms with Crippen molar-refractivity contribution in [1.82, 2.24) is 10.2 Å². The predicted molar refractivity (Wildman–Crippen MR) is 66.3 cm³/mol. The van der Waals surface area contributed by atoms with Gasteiger partial charge in [-0.15, -0.1) is 0 Å². The normalized spacial score (nSPS) is 25.2. The van der Waals surface area contributed by atoms with Crippen LogP contribution in [0.3, 0.4) is 0 Å². The lowest BCUT2D eigenvalue weighted by Crippen LogP contribution is -2.31. The van der Waals surface area contributed by atoms with Crippen molar-refractivity contribution in [3.05, 3.63) is 23.5 Å². The predicted octanol–water partition coefficient (Wildman–Crippen LogP) is 3.58. The summed E-state index contributed by atoms with van der Waals surface area (Å²) in [7, 11) is 0. The van der Waals surface area contributed by atoms with Crippen LogP contribution in [0.25, 0.3) is 0 Å². The fourth-order valence-electron chi connectivity index (χ4n) is 3.15. The van der Waals surface area contributed by atoms with E-state index in [9.17, 15) is 0 Å². The van der Waals surface area contributed by atoms with Crippen molar-refractivity contribution in [2.45, 2.75) is 52.9 Å². The zero-order valence-electron chi connectivity index (χ0n) is 10.8. The van der Waals surface area contributed by atoms with Crippen LogP contribution >= 0.6 is 0 Å². The summed E-state index contributed by atoms with van der Waals surface area (Å²) in [6.45, 7) is 9.37. The molecule has 0 N–H and O–H groups in total. The second-order valence-electron chi connectivity index (χ2n) is 5.96. The van der Waals surface area contributed by atoms with E-state index in [0.29, 0.717) is 11.3 Å². The minimum absolute atomic E-state index is 0.391. The monoisotopic (exact) mass is 218 g/mol. The Bertz CT molecular complexity index is 365. The fourth-order valence-corrected chi connectivity index (χ4v) is 3.15. The Morgan fingerprint density at radius 2 is 2.12 bits per heavy atom. The molecule has 0 bridgehead atoms. The summed E-state index contributed by atoms with van der Waals surface area (Å²) in [5.74, 6) is 1.44. The van der Waals surface area contributed by atoms with Crippen LogP contribution in [0.5, 0.6) is 0 Å². The maximum atomic E-state index is 4.28. The van der Waals surface area contributed by atoms with E-state index in [2.05, 4.69) is 44.0 Å². The third kappa shape index (κ3) is 1.98. The fraction of sp³-hybridized carbons (Fsp3) is 0.714. The summed E-state index contributed by atoms with van der Waals surface area (Å²) in [4.78, 5) is 0. The summed E-state index contributed by atoms with van der Waals surface area (Å²) < 4.78 is 0. The van der Waals surface area contributed by atoms with E-state index in [1.54, 1.807) is 0 Å². The Morgan fingerprint density at radius 1 is 1.38 bits per heavy atom. The minimum atomic E-state index is 0.391. The molecule has 2 atom stereocenters. The number of fused-ring (bicyclic) bond motifs is 1. The highest BCUT2D eigenvalue weighted by molar-refractivity contribution is 5.26. The topological polar surface area (TPSA) is 25.8 Å². The van der Waals surface area contributed by atoms with Crippen LogP contribution in [0.2, 0.25) is 0 Å². The molecule has 0 fully saturated rings. The third-order valence-electron chi connectivity index (χ3n) is 3.96. The van der Waals surface area contributed by atoms with Gasteiger partial charge >= 0.3 is 0 Å². The summed E-state index contributed by atoms with van der Waals surface area (Å²) >= 11 is 0. The van der Waals surface area contributed by atoms with Crippen molar-refractivity contribution in [2.24, 2.45) is 11.3 Å². The second-order valence-corrected chi connectivity index (χ2v) is 5.96. The lowest BCUT2D eigenvalue weighted by molar-refractivity contribution is 0.172. The number of aromatic nitrogens is 2. The van der Waals surface area contributed by atoms with Gasteiger partial charge in [-0.25, -0.2) is 0 Å². The zero-order valence-corrected chi connectivity index (χ0v) is 10.8. The van der Waals surface area contributed by atoms with Crippen molar-refractivity contribution in [3.8, 4) is 0 Å². The van der Waals surface area contributed by atoms with Crippen molar-refractivity contribution in [1.29, 1.82) is 0 Å². The maximum Gasteiger partial charge on any atom is 0.0666 e. The van der Waals surface area contributed by atoms with Crippen LogP contribution < -0.4 is 0 Å². The van der Waals surface area contributed by atoms with E-state index in [4.69, 9.17) is 0 Å². The lowest BCUT2D eigenvalue weighted by Gasteiger charge is -2.40. The molecular formula is C14H22N2. The highest BCUT2D eigenvalue weighted by Crippen LogP contribution is 2.46. The Morgan fingerprint density at radius 3 is 2.75 bits per heavy atom. The summed E-state index contributed by atoms with van der Waals surface area (Å²) in [6, 6.07) is 2.17. The Balaban J connectivity index is 2.37. The van der Waals surface area contributed by atoms with Crippen molar-refractivity contribution in [2.75, 3.05) is 0 Å². The number of aryl methyl sites for hydroxylation is 1. The molecular weight excluding hydrogens is 196 g/mol. The molecule has 0 saturated carbocycles. The molecule has 1 aromatic heterocycles. The molecule has 2 rings (SSSR count). The summed E-state index contributed by atoms with van der Waals surface area (Å²) in [6.07, 6.45) is 5.41. The molecule has 16 heavy (non-hydrogen) atoms. The molecule has 0 amide bonds. The van der Waals surface area contributed by atoms with Gasteiger partial charge in [0.15, 0.2) is 0 Å². The van der Waals surface area contributed by atoms with Gasteiger partial charge in [0.05, 0.1) is 5.69 Å². The molecule has 0 spiro atoms. The van der Waals surface area contributed by atoms with Crippen LogP contribution in [-0.4, -0.2) is 10.2 Å². The molecule has 2 heteroatoms. The number of hydrogen-bond acceptors (Lipinski definition) is 2. The first kappa shape index (κ1) is 11.6. The summed E-state index contributed by atoms with van der Waals surface area (Å²) in [5, 5.41) is 8.29. The smallest absolute Gasteiger partial charge is 0.0666 e. The molecule has 1 aliphatic carbocycles. The van der Waals surface area contributed by atoms with Gasteiger partial charge < -0.3 is 0 Å². The van der Waals surface area contributed by atoms with E-state index in [1.807, 2.05) is 6.20 Å². The first-order chi connectivity index (χ1) is 7.54. The quantitative estimate of drug-likeness (QED) is 0.720. The van der Waals surface area contributed by atoms with Gasteiger partial charge in [-0.2, -0.15) is 10.2 Å². The average Bonchev–Trinajstić information content (AvgIpc) is 2.26. The number of hydrogen-bond donors (Lipinski definition) is 0. The second kappa shape index (κ2) is 4.15. The number of nitrogens with zero attached hydrogens (tertiary/aromatic N) is 2. The van der Waals surface area contributed by atoms with Gasteiger partial charge in [0, 0.05) is 6.20 Å². The van der Waals surface area contributed by atoms with E-state index >= 15 is 0 Å². The molecule has 1 heterocycles. The van der Waals surface area contributed by atoms with Gasteiger partial charge in [0.25, 0.3) is 0 Å². The minimum Gasteiger partial charge on any atom is -0.159 e. The first-order valence-corrected chi connectivity index (χ1v) is 6.34. The van der Waals surface area contributed by atoms with Crippen LogP contribution in [0, 0.1) is 11.3 Å². The maximum absolute atomic E-state index is 4.28. The highest BCUT2D eigenvalue weighted by atomic mass is 15.1. The Labute approximate surface area is 98.5 Å². The van der Waals surface area contributed by atoms with E-state index in [-0.39, 0.29) is 0 Å². The van der Waals surface area contributed by atoms with Crippen LogP contribution in [0.15, 0.2) is 12.3 Å². The van der Waals surface area contributed by atoms with Crippen LogP contribution in [-0.2, 0) is 6.42 Å². The van der Waals surface area contributed by atoms with Gasteiger partial charge in [0.2, 0.25) is 0 Å². The summed E-state index contributed by atoms with van der Waals surface area (Å²) in [5.41, 5.74) is 3.07. The molecule has 88 valence electrons. The standard InChI is InChI=1S/C14H22N2/c1-5-10-11-8-9-15-16-13(11)7-6-12(10)14(2,3)4/h8-10,12H,5-7H2,1-4H3. The van der Waals surface area contributed by atoms with Gasteiger partial charge in [-0.1, -0.05) is 27.7 Å². The largest absolute Gasteiger partial charge is 0.159 e. The van der Waals surface area contributed by atoms with Crippen molar-refractivity contribution < 1.29 is 0 Å². The number of rotatable bonds is 1. The van der Waals surface area contributed by atoms with E-state index in [1.165, 1.54) is 24.1 Å². The highest BCUT2D eigenvalue weighted by Gasteiger charge is 2.36. The first-order valence-electron chi connectivity index (χ1n) is 6.34. The molecule has 2 unspecified atom stereocenters. The Hall–Kier alpha value is -0.920. The zero-order chi connectivity index (χ0) is 11.8. The van der Waals surface area contributed by atoms with Crippen molar-refractivity contribution in [3.63, 3.8) is 0 Å². The molecule has 1 aromatic rings. The van der Waals surface area contributed by atoms with Gasteiger partial charge in [-0.05, 0) is 48.1 Å². The van der Waals surface area contributed by atoms with E-state index < -0.39 is 0 Å². The molecule has 0 saturated heterocycles. The van der Waals surface area contributed by atoms with Crippen LogP contribution in [0.1, 0.15) is 57.7 Å². The van der Waals surface area contributed by atoms with Gasteiger partial charge in [0.1, 0.15) is 0 Å². The molecule has 1 aliphatic rings. The SMILES string of the molecule is CCC1c2ccnnc2CCC1C(C)(C)C. The van der Waals surface area contributed by atoms with Gasteiger partial charge in [-0.3, -0.25) is 0 Å². The van der Waals surface area contributed by atoms with Crippen LogP contribution in [0.4, 0.5) is 0 Å². The lowest BCUT2D eigenvalue weighted by atomic mass is 9.65. The Kier molecular flexibility index (Phi) is 3.00. The third-order valence-corrected chi connectivity index (χ3v) is 3.96. The average molecular weight is 218 g/mol.